The van der Waals surface area contributed by atoms with Crippen molar-refractivity contribution in [3.8, 4) is 0 Å². The number of hydrogen-bond donors (Lipinski definition) is 0. The Labute approximate surface area is 105 Å². The van der Waals surface area contributed by atoms with Crippen molar-refractivity contribution in [3.63, 3.8) is 0 Å². The van der Waals surface area contributed by atoms with Crippen molar-refractivity contribution in [3.05, 3.63) is 23.3 Å². The highest BCUT2D eigenvalue weighted by atomic mass is 35.5. The van der Waals surface area contributed by atoms with Gasteiger partial charge in [0.05, 0.1) is 0 Å². The minimum atomic E-state index is 0.440. The van der Waals surface area contributed by atoms with E-state index >= 15 is 0 Å². The van der Waals surface area contributed by atoms with Crippen LogP contribution in [0.15, 0.2) is 23.3 Å². The molecule has 0 spiro atoms. The maximum Gasteiger partial charge on any atom is 0.0262 e. The normalized spacial score (nSPS) is 19.5. The van der Waals surface area contributed by atoms with Gasteiger partial charge in [0.25, 0.3) is 0 Å². The Hall–Kier alpha value is -0.270. The van der Waals surface area contributed by atoms with Gasteiger partial charge in [0.15, 0.2) is 0 Å². The first kappa shape index (κ1) is 13.8. The highest BCUT2D eigenvalue weighted by Gasteiger charge is 2.16. The average molecular weight is 242 g/mol. The van der Waals surface area contributed by atoms with Crippen LogP contribution in [-0.2, 0) is 0 Å². The van der Waals surface area contributed by atoms with Crippen LogP contribution in [-0.4, -0.2) is 24.5 Å². The van der Waals surface area contributed by atoms with E-state index in [1.165, 1.54) is 38.8 Å². The maximum absolute atomic E-state index is 6.16. The van der Waals surface area contributed by atoms with Crippen molar-refractivity contribution in [2.45, 2.75) is 39.5 Å². The van der Waals surface area contributed by atoms with Gasteiger partial charge in [0.2, 0.25) is 0 Å². The smallest absolute Gasteiger partial charge is 0.0262 e. The van der Waals surface area contributed by atoms with E-state index in [1.54, 1.807) is 0 Å². The number of hydrogen-bond acceptors (Lipinski definition) is 1. The third-order valence-corrected chi connectivity index (χ3v) is 3.47. The molecule has 0 saturated heterocycles. The molecule has 0 radical (unpaired) electrons. The molecule has 2 heteroatoms. The highest BCUT2D eigenvalue weighted by Crippen LogP contribution is 2.24. The largest absolute Gasteiger partial charge is 0.302 e. The Balaban J connectivity index is 2.36. The molecular weight excluding hydrogens is 218 g/mol. The molecule has 1 rings (SSSR count). The second-order valence-electron chi connectivity index (χ2n) is 4.55. The van der Waals surface area contributed by atoms with Crippen molar-refractivity contribution in [2.24, 2.45) is 5.92 Å². The Morgan fingerprint density at radius 2 is 1.81 bits per heavy atom. The lowest BCUT2D eigenvalue weighted by Gasteiger charge is -2.24. The van der Waals surface area contributed by atoms with Crippen LogP contribution in [0.3, 0.4) is 0 Å². The van der Waals surface area contributed by atoms with E-state index in [2.05, 4.69) is 30.9 Å². The molecule has 0 aromatic rings. The molecular formula is C14H24ClN. The number of allylic oxidation sites excluding steroid dienone is 2. The first-order chi connectivity index (χ1) is 7.77. The van der Waals surface area contributed by atoms with Gasteiger partial charge in [0, 0.05) is 17.5 Å². The zero-order valence-electron chi connectivity index (χ0n) is 10.6. The fourth-order valence-corrected chi connectivity index (χ4v) is 2.20. The molecule has 0 N–H and O–H groups in total. The molecule has 1 aliphatic carbocycles. The third kappa shape index (κ3) is 4.71. The lowest BCUT2D eigenvalue weighted by molar-refractivity contribution is 0.253. The summed E-state index contributed by atoms with van der Waals surface area (Å²) in [5.41, 5.74) is 0. The molecule has 0 aromatic heterocycles. The monoisotopic (exact) mass is 241 g/mol. The number of rotatable bonds is 8. The highest BCUT2D eigenvalue weighted by molar-refractivity contribution is 6.30. The molecule has 1 nitrogen and oxygen atoms in total. The Kier molecular flexibility index (Phi) is 6.82. The van der Waals surface area contributed by atoms with Gasteiger partial charge in [-0.15, -0.1) is 0 Å². The summed E-state index contributed by atoms with van der Waals surface area (Å²) in [7, 11) is 0. The fourth-order valence-electron chi connectivity index (χ4n) is 1.98. The van der Waals surface area contributed by atoms with Crippen molar-refractivity contribution in [1.82, 2.24) is 4.90 Å². The van der Waals surface area contributed by atoms with Crippen molar-refractivity contribution < 1.29 is 0 Å². The molecule has 0 amide bonds. The molecule has 1 aliphatic rings. The topological polar surface area (TPSA) is 3.24 Å². The number of nitrogens with zero attached hydrogens (tertiary/aromatic N) is 1. The van der Waals surface area contributed by atoms with Gasteiger partial charge in [-0.3, -0.25) is 0 Å². The van der Waals surface area contributed by atoms with Crippen LogP contribution < -0.4 is 0 Å². The third-order valence-electron chi connectivity index (χ3n) is 3.06. The molecule has 1 unspecified atom stereocenters. The number of unbranched alkanes of at least 4 members (excludes halogenated alkanes) is 2. The molecule has 92 valence electrons. The fraction of sp³-hybridized carbons (Fsp3) is 0.714. The predicted octanol–water partition coefficient (Wildman–Crippen LogP) is 4.20. The summed E-state index contributed by atoms with van der Waals surface area (Å²) in [4.78, 5) is 2.56. The Bertz CT molecular complexity index is 237. The van der Waals surface area contributed by atoms with Crippen LogP contribution in [0.4, 0.5) is 0 Å². The minimum Gasteiger partial charge on any atom is -0.302 e. The van der Waals surface area contributed by atoms with E-state index in [4.69, 9.17) is 11.6 Å². The van der Waals surface area contributed by atoms with Gasteiger partial charge < -0.3 is 4.90 Å². The number of halogens is 1. The van der Waals surface area contributed by atoms with Crippen LogP contribution >= 0.6 is 11.6 Å². The molecule has 0 heterocycles. The lowest BCUT2D eigenvalue weighted by Crippen LogP contribution is -2.30. The molecule has 1 atom stereocenters. The Morgan fingerprint density at radius 3 is 2.25 bits per heavy atom. The lowest BCUT2D eigenvalue weighted by atomic mass is 10.1. The molecule has 0 fully saturated rings. The summed E-state index contributed by atoms with van der Waals surface area (Å²) in [6, 6.07) is 0. The van der Waals surface area contributed by atoms with Gasteiger partial charge in [-0.2, -0.15) is 0 Å². The summed E-state index contributed by atoms with van der Waals surface area (Å²) in [6.45, 7) is 8.02. The molecule has 0 bridgehead atoms. The van der Waals surface area contributed by atoms with Gasteiger partial charge in [0.1, 0.15) is 0 Å². The summed E-state index contributed by atoms with van der Waals surface area (Å²) < 4.78 is 0. The van der Waals surface area contributed by atoms with Crippen LogP contribution in [0, 0.1) is 5.92 Å². The molecule has 0 aliphatic heterocycles. The van der Waals surface area contributed by atoms with Crippen LogP contribution in [0.1, 0.15) is 39.5 Å². The van der Waals surface area contributed by atoms with E-state index in [0.717, 1.165) is 11.6 Å². The standard InChI is InChI=1S/C14H24ClN/c1-3-5-10-16(11-6-4-2)12-13-8-7-9-14(13)15/h7-9,13H,3-6,10-12H2,1-2H3. The van der Waals surface area contributed by atoms with E-state index in [9.17, 15) is 0 Å². The zero-order chi connectivity index (χ0) is 11.8. The summed E-state index contributed by atoms with van der Waals surface area (Å²) in [5.74, 6) is 0.440. The van der Waals surface area contributed by atoms with Gasteiger partial charge in [-0.1, -0.05) is 50.4 Å². The van der Waals surface area contributed by atoms with Crippen LogP contribution in [0.2, 0.25) is 0 Å². The second-order valence-corrected chi connectivity index (χ2v) is 4.99. The summed E-state index contributed by atoms with van der Waals surface area (Å²) in [5, 5.41) is 0.998. The zero-order valence-corrected chi connectivity index (χ0v) is 11.3. The van der Waals surface area contributed by atoms with Crippen LogP contribution in [0.25, 0.3) is 0 Å². The minimum absolute atomic E-state index is 0.440. The first-order valence-electron chi connectivity index (χ1n) is 6.54. The van der Waals surface area contributed by atoms with E-state index in [0.29, 0.717) is 5.92 Å². The van der Waals surface area contributed by atoms with Gasteiger partial charge in [-0.25, -0.2) is 0 Å². The quantitative estimate of drug-likeness (QED) is 0.616. The van der Waals surface area contributed by atoms with Crippen molar-refractivity contribution >= 4 is 11.6 Å². The molecule has 0 saturated carbocycles. The van der Waals surface area contributed by atoms with E-state index in [-0.39, 0.29) is 0 Å². The summed E-state index contributed by atoms with van der Waals surface area (Å²) >= 11 is 6.16. The second kappa shape index (κ2) is 7.92. The SMILES string of the molecule is CCCCN(CCCC)CC1C=CC=C1Cl. The van der Waals surface area contributed by atoms with Crippen molar-refractivity contribution in [2.75, 3.05) is 19.6 Å². The van der Waals surface area contributed by atoms with Gasteiger partial charge in [-0.05, 0) is 32.0 Å². The Morgan fingerprint density at radius 1 is 1.19 bits per heavy atom. The summed E-state index contributed by atoms with van der Waals surface area (Å²) in [6.07, 6.45) is 11.4. The van der Waals surface area contributed by atoms with E-state index < -0.39 is 0 Å². The predicted molar refractivity (Wildman–Crippen MR) is 72.8 cm³/mol. The van der Waals surface area contributed by atoms with E-state index in [1.807, 2.05) is 6.08 Å². The molecule has 16 heavy (non-hydrogen) atoms. The average Bonchev–Trinajstić information content (AvgIpc) is 2.68. The van der Waals surface area contributed by atoms with Gasteiger partial charge >= 0.3 is 0 Å². The first-order valence-corrected chi connectivity index (χ1v) is 6.92. The van der Waals surface area contributed by atoms with Crippen molar-refractivity contribution in [1.29, 1.82) is 0 Å². The van der Waals surface area contributed by atoms with Crippen LogP contribution in [0.5, 0.6) is 0 Å². The maximum atomic E-state index is 6.16. The molecule has 0 aromatic carbocycles.